The number of rotatable bonds is 5. The Kier molecular flexibility index (Phi) is 5.33. The van der Waals surface area contributed by atoms with Crippen LogP contribution in [0.5, 0.6) is 0 Å². The van der Waals surface area contributed by atoms with Crippen molar-refractivity contribution in [2.24, 2.45) is 0 Å². The molecule has 0 saturated carbocycles. The van der Waals surface area contributed by atoms with Gasteiger partial charge in [0, 0.05) is 12.0 Å². The van der Waals surface area contributed by atoms with Gasteiger partial charge in [0.15, 0.2) is 0 Å². The summed E-state index contributed by atoms with van der Waals surface area (Å²) in [6.45, 7) is 5.61. The van der Waals surface area contributed by atoms with E-state index in [1.807, 2.05) is 6.92 Å². The van der Waals surface area contributed by atoms with E-state index in [0.717, 1.165) is 17.4 Å². The number of hydrogen-bond acceptors (Lipinski definition) is 2. The van der Waals surface area contributed by atoms with Crippen molar-refractivity contribution in [2.75, 3.05) is 0 Å². The molecule has 22 heavy (non-hydrogen) atoms. The average molecular weight is 338 g/mol. The van der Waals surface area contributed by atoms with Gasteiger partial charge in [-0.2, -0.15) is 0 Å². The number of allylic oxidation sites excluding steroid dienone is 1. The normalized spacial score (nSPS) is 10.5. The number of pyridine rings is 1. The van der Waals surface area contributed by atoms with Crippen LogP contribution in [0.25, 0.3) is 16.7 Å². The van der Waals surface area contributed by atoms with Crippen LogP contribution in [0.15, 0.2) is 30.8 Å². The van der Waals surface area contributed by atoms with Gasteiger partial charge in [-0.3, -0.25) is 0 Å². The minimum absolute atomic E-state index is 0.179. The third kappa shape index (κ3) is 3.54. The number of carbonyl (C=O) groups excluding carboxylic acids is 1. The van der Waals surface area contributed by atoms with Crippen molar-refractivity contribution in [2.45, 2.75) is 19.8 Å². The SMILES string of the molecule is C=C(C)c1ccc(-c2cc(Cl)nc(Cl)c2CCC=O)c(F)c1. The minimum atomic E-state index is -0.397. The van der Waals surface area contributed by atoms with E-state index < -0.39 is 5.82 Å². The second kappa shape index (κ2) is 7.03. The Hall–Kier alpha value is -1.71. The minimum Gasteiger partial charge on any atom is -0.303 e. The van der Waals surface area contributed by atoms with Crippen molar-refractivity contribution in [1.82, 2.24) is 4.98 Å². The van der Waals surface area contributed by atoms with E-state index in [-0.39, 0.29) is 16.7 Å². The quantitative estimate of drug-likeness (QED) is 0.543. The molecule has 1 aromatic heterocycles. The number of hydrogen-bond donors (Lipinski definition) is 0. The lowest BCUT2D eigenvalue weighted by atomic mass is 9.96. The van der Waals surface area contributed by atoms with Crippen LogP contribution in [0.1, 0.15) is 24.5 Å². The standard InChI is InChI=1S/C17H14Cl2FNO/c1-10(2)11-5-6-12(15(20)8-11)14-9-16(18)21-17(19)13(14)4-3-7-22/h5-9H,1,3-4H2,2H3. The van der Waals surface area contributed by atoms with Gasteiger partial charge in [0.1, 0.15) is 22.4 Å². The molecule has 0 radical (unpaired) electrons. The summed E-state index contributed by atoms with van der Waals surface area (Å²) in [5.41, 5.74) is 3.04. The number of nitrogens with zero attached hydrogens (tertiary/aromatic N) is 1. The van der Waals surface area contributed by atoms with Gasteiger partial charge < -0.3 is 4.79 Å². The molecule has 1 aromatic carbocycles. The molecular formula is C17H14Cl2FNO. The Morgan fingerprint density at radius 2 is 2.05 bits per heavy atom. The van der Waals surface area contributed by atoms with E-state index in [9.17, 15) is 9.18 Å². The first-order valence-corrected chi connectivity index (χ1v) is 7.44. The molecule has 0 bridgehead atoms. The molecule has 0 saturated heterocycles. The molecule has 2 rings (SSSR count). The van der Waals surface area contributed by atoms with Gasteiger partial charge >= 0.3 is 0 Å². The molecule has 0 unspecified atom stereocenters. The van der Waals surface area contributed by atoms with Gasteiger partial charge in [-0.05, 0) is 42.2 Å². The van der Waals surface area contributed by atoms with Crippen LogP contribution in [0.4, 0.5) is 4.39 Å². The first-order chi connectivity index (χ1) is 10.4. The number of carbonyl (C=O) groups is 1. The highest BCUT2D eigenvalue weighted by molar-refractivity contribution is 6.33. The molecule has 0 amide bonds. The largest absolute Gasteiger partial charge is 0.303 e. The van der Waals surface area contributed by atoms with E-state index in [0.29, 0.717) is 23.1 Å². The van der Waals surface area contributed by atoms with E-state index in [4.69, 9.17) is 23.2 Å². The zero-order valence-electron chi connectivity index (χ0n) is 12.0. The van der Waals surface area contributed by atoms with Crippen molar-refractivity contribution in [3.8, 4) is 11.1 Å². The summed E-state index contributed by atoms with van der Waals surface area (Å²) in [6, 6.07) is 6.42. The summed E-state index contributed by atoms with van der Waals surface area (Å²) in [7, 11) is 0. The van der Waals surface area contributed by atoms with Gasteiger partial charge in [-0.1, -0.05) is 47.5 Å². The molecule has 0 spiro atoms. The van der Waals surface area contributed by atoms with Crippen LogP contribution in [-0.4, -0.2) is 11.3 Å². The summed E-state index contributed by atoms with van der Waals surface area (Å²) in [5, 5.41) is 0.367. The molecule has 0 aliphatic rings. The predicted molar refractivity (Wildman–Crippen MR) is 88.7 cm³/mol. The van der Waals surface area contributed by atoms with Crippen LogP contribution >= 0.6 is 23.2 Å². The second-order valence-corrected chi connectivity index (χ2v) is 5.69. The third-order valence-corrected chi connectivity index (χ3v) is 3.81. The lowest BCUT2D eigenvalue weighted by Gasteiger charge is -2.13. The fraction of sp³-hybridized carbons (Fsp3) is 0.176. The zero-order chi connectivity index (χ0) is 16.3. The summed E-state index contributed by atoms with van der Waals surface area (Å²) in [4.78, 5) is 14.6. The highest BCUT2D eigenvalue weighted by Crippen LogP contribution is 2.34. The first-order valence-electron chi connectivity index (χ1n) is 6.68. The second-order valence-electron chi connectivity index (χ2n) is 4.94. The molecule has 0 N–H and O–H groups in total. The van der Waals surface area contributed by atoms with Gasteiger partial charge in [-0.15, -0.1) is 0 Å². The Labute approximate surface area is 138 Å². The van der Waals surface area contributed by atoms with E-state index in [2.05, 4.69) is 11.6 Å². The monoisotopic (exact) mass is 337 g/mol. The molecule has 0 aliphatic carbocycles. The Balaban J connectivity index is 2.60. The van der Waals surface area contributed by atoms with Crippen molar-refractivity contribution in [3.05, 3.63) is 58.1 Å². The number of benzene rings is 1. The van der Waals surface area contributed by atoms with Crippen molar-refractivity contribution >= 4 is 35.1 Å². The molecule has 0 atom stereocenters. The maximum atomic E-state index is 14.4. The highest BCUT2D eigenvalue weighted by atomic mass is 35.5. The molecule has 114 valence electrons. The molecule has 2 nitrogen and oxygen atoms in total. The lowest BCUT2D eigenvalue weighted by molar-refractivity contribution is -0.107. The highest BCUT2D eigenvalue weighted by Gasteiger charge is 2.15. The van der Waals surface area contributed by atoms with Crippen LogP contribution < -0.4 is 0 Å². The summed E-state index contributed by atoms with van der Waals surface area (Å²) < 4.78 is 14.4. The Morgan fingerprint density at radius 3 is 2.64 bits per heavy atom. The van der Waals surface area contributed by atoms with Crippen LogP contribution in [-0.2, 0) is 11.2 Å². The van der Waals surface area contributed by atoms with E-state index >= 15 is 0 Å². The van der Waals surface area contributed by atoms with Gasteiger partial charge in [0.05, 0.1) is 0 Å². The number of halogens is 3. The molecule has 2 aromatic rings. The van der Waals surface area contributed by atoms with Gasteiger partial charge in [-0.25, -0.2) is 9.37 Å². The topological polar surface area (TPSA) is 30.0 Å². The summed E-state index contributed by atoms with van der Waals surface area (Å²) in [5.74, 6) is -0.397. The lowest BCUT2D eigenvalue weighted by Crippen LogP contribution is -1.98. The number of aldehydes is 1. The van der Waals surface area contributed by atoms with Gasteiger partial charge in [0.2, 0.25) is 0 Å². The first kappa shape index (κ1) is 16.7. The smallest absolute Gasteiger partial charge is 0.134 e. The van der Waals surface area contributed by atoms with Crippen LogP contribution in [0.3, 0.4) is 0 Å². The maximum Gasteiger partial charge on any atom is 0.134 e. The molecule has 0 fully saturated rings. The molecule has 5 heteroatoms. The Morgan fingerprint density at radius 1 is 1.32 bits per heavy atom. The van der Waals surface area contributed by atoms with Gasteiger partial charge in [0.25, 0.3) is 0 Å². The maximum absolute atomic E-state index is 14.4. The average Bonchev–Trinajstić information content (AvgIpc) is 2.45. The van der Waals surface area contributed by atoms with E-state index in [1.165, 1.54) is 6.07 Å². The zero-order valence-corrected chi connectivity index (χ0v) is 13.5. The fourth-order valence-electron chi connectivity index (χ4n) is 2.19. The summed E-state index contributed by atoms with van der Waals surface area (Å²) >= 11 is 12.0. The molecule has 1 heterocycles. The van der Waals surface area contributed by atoms with E-state index in [1.54, 1.807) is 18.2 Å². The van der Waals surface area contributed by atoms with Crippen LogP contribution in [0, 0.1) is 5.82 Å². The number of aromatic nitrogens is 1. The van der Waals surface area contributed by atoms with Crippen molar-refractivity contribution in [3.63, 3.8) is 0 Å². The summed E-state index contributed by atoms with van der Waals surface area (Å²) in [6.07, 6.45) is 1.44. The third-order valence-electron chi connectivity index (χ3n) is 3.31. The van der Waals surface area contributed by atoms with Crippen molar-refractivity contribution < 1.29 is 9.18 Å². The molecular weight excluding hydrogens is 324 g/mol. The Bertz CT molecular complexity index is 744. The van der Waals surface area contributed by atoms with Crippen LogP contribution in [0.2, 0.25) is 10.3 Å². The van der Waals surface area contributed by atoms with Crippen molar-refractivity contribution in [1.29, 1.82) is 0 Å². The fourth-order valence-corrected chi connectivity index (χ4v) is 2.72. The predicted octanol–water partition coefficient (Wildman–Crippen LogP) is 5.36. The molecule has 0 aliphatic heterocycles.